The van der Waals surface area contributed by atoms with Crippen LogP contribution in [-0.4, -0.2) is 52.2 Å². The molecule has 24 heavy (non-hydrogen) atoms. The van der Waals surface area contributed by atoms with Gasteiger partial charge in [-0.15, -0.1) is 0 Å². The third-order valence-electron chi connectivity index (χ3n) is 3.65. The fraction of sp³-hybridized carbons (Fsp3) is 0.375. The monoisotopic (exact) mass is 329 g/mol. The zero-order valence-electron chi connectivity index (χ0n) is 13.7. The number of carbonyl (C=O) groups is 2. The minimum Gasteiger partial charge on any atom is -0.435 e. The van der Waals surface area contributed by atoms with Crippen LogP contribution < -0.4 is 5.32 Å². The molecule has 0 bridgehead atoms. The highest BCUT2D eigenvalue weighted by atomic mass is 16.4. The van der Waals surface area contributed by atoms with E-state index in [0.717, 1.165) is 5.56 Å². The first-order chi connectivity index (χ1) is 11.5. The van der Waals surface area contributed by atoms with Crippen LogP contribution in [0.15, 0.2) is 28.9 Å². The van der Waals surface area contributed by atoms with Gasteiger partial charge < -0.3 is 19.5 Å². The maximum atomic E-state index is 12.1. The summed E-state index contributed by atoms with van der Waals surface area (Å²) in [5.41, 5.74) is 1.59. The Hall–Kier alpha value is -2.74. The number of likely N-dealkylation sites (N-methyl/N-ethyl adjacent to an activating group) is 1. The number of hydrogen-bond acceptors (Lipinski definition) is 6. The quantitative estimate of drug-likeness (QED) is 0.854. The smallest absolute Gasteiger partial charge is 0.307 e. The zero-order valence-corrected chi connectivity index (χ0v) is 13.7. The summed E-state index contributed by atoms with van der Waals surface area (Å²) in [5, 5.41) is 2.75. The summed E-state index contributed by atoms with van der Waals surface area (Å²) < 4.78 is 5.52. The van der Waals surface area contributed by atoms with Crippen molar-refractivity contribution in [2.45, 2.75) is 19.6 Å². The van der Waals surface area contributed by atoms with E-state index in [9.17, 15) is 9.59 Å². The van der Waals surface area contributed by atoms with Gasteiger partial charge in [-0.05, 0) is 31.8 Å². The van der Waals surface area contributed by atoms with Crippen LogP contribution in [0.3, 0.4) is 0 Å². The van der Waals surface area contributed by atoms with Crippen LogP contribution in [0.2, 0.25) is 0 Å². The Morgan fingerprint density at radius 3 is 2.71 bits per heavy atom. The molecule has 0 atom stereocenters. The molecule has 0 saturated carbocycles. The lowest BCUT2D eigenvalue weighted by Crippen LogP contribution is -2.34. The summed E-state index contributed by atoms with van der Waals surface area (Å²) in [6.07, 6.45) is 3.33. The predicted molar refractivity (Wildman–Crippen MR) is 84.7 cm³/mol. The van der Waals surface area contributed by atoms with Crippen LogP contribution >= 0.6 is 0 Å². The summed E-state index contributed by atoms with van der Waals surface area (Å²) >= 11 is 0. The van der Waals surface area contributed by atoms with Crippen molar-refractivity contribution in [3.8, 4) is 0 Å². The van der Waals surface area contributed by atoms with Gasteiger partial charge in [-0.25, -0.2) is 4.98 Å². The first-order valence-electron chi connectivity index (χ1n) is 7.61. The number of pyridine rings is 1. The molecular weight excluding hydrogens is 310 g/mol. The van der Waals surface area contributed by atoms with Crippen LogP contribution in [0.5, 0.6) is 0 Å². The average molecular weight is 329 g/mol. The molecule has 2 amide bonds. The van der Waals surface area contributed by atoms with Gasteiger partial charge in [0.1, 0.15) is 11.5 Å². The molecule has 126 valence electrons. The lowest BCUT2D eigenvalue weighted by atomic mass is 10.3. The van der Waals surface area contributed by atoms with E-state index in [2.05, 4.69) is 15.3 Å². The van der Waals surface area contributed by atoms with Gasteiger partial charge in [0.25, 0.3) is 5.89 Å². The molecule has 2 aromatic heterocycles. The number of rotatable bonds is 5. The number of fused-ring (bicyclic) bond motifs is 1. The fourth-order valence-corrected chi connectivity index (χ4v) is 2.44. The summed E-state index contributed by atoms with van der Waals surface area (Å²) in [4.78, 5) is 35.8. The molecule has 1 aliphatic heterocycles. The van der Waals surface area contributed by atoms with Gasteiger partial charge in [0.05, 0.1) is 19.6 Å². The molecule has 1 N–H and O–H groups in total. The van der Waals surface area contributed by atoms with Crippen molar-refractivity contribution in [3.05, 3.63) is 47.4 Å². The lowest BCUT2D eigenvalue weighted by molar-refractivity contribution is -0.132. The molecule has 8 heteroatoms. The summed E-state index contributed by atoms with van der Waals surface area (Å²) in [7, 11) is 3.68. The average Bonchev–Trinajstić information content (AvgIpc) is 3.12. The predicted octanol–water partition coefficient (Wildman–Crippen LogP) is 0.403. The van der Waals surface area contributed by atoms with Gasteiger partial charge in [0, 0.05) is 18.9 Å². The highest BCUT2D eigenvalue weighted by molar-refractivity contribution is 5.89. The Morgan fingerprint density at radius 1 is 1.29 bits per heavy atom. The third-order valence-corrected chi connectivity index (χ3v) is 3.65. The van der Waals surface area contributed by atoms with E-state index in [1.807, 2.05) is 31.1 Å². The van der Waals surface area contributed by atoms with Gasteiger partial charge in [-0.1, -0.05) is 0 Å². The Labute approximate surface area is 139 Å². The van der Waals surface area contributed by atoms with E-state index in [0.29, 0.717) is 37.6 Å². The first-order valence-corrected chi connectivity index (χ1v) is 7.61. The van der Waals surface area contributed by atoms with Gasteiger partial charge in [0.15, 0.2) is 0 Å². The Balaban J connectivity index is 1.57. The molecule has 1 aliphatic rings. The number of aromatic nitrogens is 2. The minimum absolute atomic E-state index is 0.0110. The number of hydrogen-bond donors (Lipinski definition) is 1. The van der Waals surface area contributed by atoms with E-state index in [4.69, 9.17) is 4.42 Å². The minimum atomic E-state index is -0.368. The third kappa shape index (κ3) is 3.60. The number of oxazole rings is 1. The highest BCUT2D eigenvalue weighted by Crippen LogP contribution is 2.23. The largest absolute Gasteiger partial charge is 0.435 e. The van der Waals surface area contributed by atoms with Crippen LogP contribution in [0.1, 0.15) is 27.7 Å². The number of nitrogens with one attached hydrogen (secondary N) is 1. The molecule has 0 saturated heterocycles. The van der Waals surface area contributed by atoms with E-state index in [-0.39, 0.29) is 17.7 Å². The number of nitrogens with zero attached hydrogens (tertiary/aromatic N) is 4. The number of carbonyl (C=O) groups excluding carboxylic acids is 2. The summed E-state index contributed by atoms with van der Waals surface area (Å²) in [6.45, 7) is 1.45. The van der Waals surface area contributed by atoms with Crippen LogP contribution in [0.25, 0.3) is 0 Å². The normalized spacial score (nSPS) is 13.2. The summed E-state index contributed by atoms with van der Waals surface area (Å²) in [6, 6.07) is 3.65. The van der Waals surface area contributed by atoms with Gasteiger partial charge in [0.2, 0.25) is 5.91 Å². The first kappa shape index (κ1) is 16.1. The fourth-order valence-electron chi connectivity index (χ4n) is 2.44. The molecule has 0 aliphatic carbocycles. The van der Waals surface area contributed by atoms with Crippen LogP contribution in [-0.2, 0) is 24.4 Å². The SMILES string of the molecule is CN(C)CC(=O)N1Cc2nc(C(=O)NCc3ccncc3)oc2C1. The van der Waals surface area contributed by atoms with Gasteiger partial charge in [-0.3, -0.25) is 14.6 Å². The van der Waals surface area contributed by atoms with Crippen molar-refractivity contribution in [1.29, 1.82) is 0 Å². The number of amides is 2. The Bertz CT molecular complexity index is 718. The van der Waals surface area contributed by atoms with Crippen molar-refractivity contribution < 1.29 is 14.0 Å². The van der Waals surface area contributed by atoms with Gasteiger partial charge in [-0.2, -0.15) is 0 Å². The molecule has 0 fully saturated rings. The topological polar surface area (TPSA) is 91.6 Å². The van der Waals surface area contributed by atoms with Crippen molar-refractivity contribution in [3.63, 3.8) is 0 Å². The molecular formula is C16H19N5O3. The molecule has 3 rings (SSSR count). The summed E-state index contributed by atoms with van der Waals surface area (Å²) in [5.74, 6) is 0.259. The molecule has 0 radical (unpaired) electrons. The maximum absolute atomic E-state index is 12.1. The van der Waals surface area contributed by atoms with E-state index in [1.54, 1.807) is 17.3 Å². The standard InChI is InChI=1S/C16H19N5O3/c1-20(2)10-14(22)21-8-12-13(9-21)24-16(19-12)15(23)18-7-11-3-5-17-6-4-11/h3-6H,7-10H2,1-2H3,(H,18,23). The zero-order chi connectivity index (χ0) is 17.1. The van der Waals surface area contributed by atoms with Crippen molar-refractivity contribution in [2.24, 2.45) is 0 Å². The second-order valence-corrected chi connectivity index (χ2v) is 5.91. The maximum Gasteiger partial charge on any atom is 0.307 e. The molecule has 0 aromatic carbocycles. The lowest BCUT2D eigenvalue weighted by Gasteiger charge is -2.17. The van der Waals surface area contributed by atoms with Gasteiger partial charge >= 0.3 is 5.91 Å². The second-order valence-electron chi connectivity index (χ2n) is 5.91. The highest BCUT2D eigenvalue weighted by Gasteiger charge is 2.30. The van der Waals surface area contributed by atoms with E-state index in [1.165, 1.54) is 0 Å². The molecule has 8 nitrogen and oxygen atoms in total. The molecule has 0 unspecified atom stereocenters. The Morgan fingerprint density at radius 2 is 2.04 bits per heavy atom. The molecule has 3 heterocycles. The van der Waals surface area contributed by atoms with Crippen LogP contribution in [0.4, 0.5) is 0 Å². The van der Waals surface area contributed by atoms with Crippen molar-refractivity contribution in [1.82, 2.24) is 25.1 Å². The second kappa shape index (κ2) is 6.79. The van der Waals surface area contributed by atoms with Crippen molar-refractivity contribution >= 4 is 11.8 Å². The van der Waals surface area contributed by atoms with Crippen LogP contribution in [0, 0.1) is 0 Å². The Kier molecular flexibility index (Phi) is 4.57. The van der Waals surface area contributed by atoms with E-state index >= 15 is 0 Å². The molecule has 2 aromatic rings. The molecule has 0 spiro atoms. The van der Waals surface area contributed by atoms with E-state index < -0.39 is 0 Å². The van der Waals surface area contributed by atoms with Crippen molar-refractivity contribution in [2.75, 3.05) is 20.6 Å².